The summed E-state index contributed by atoms with van der Waals surface area (Å²) in [5.41, 5.74) is 7.32. The van der Waals surface area contributed by atoms with Gasteiger partial charge in [0.2, 0.25) is 0 Å². The van der Waals surface area contributed by atoms with Crippen molar-refractivity contribution in [3.63, 3.8) is 0 Å². The molecule has 2 heteroatoms. The van der Waals surface area contributed by atoms with Crippen LogP contribution >= 0.6 is 0 Å². The molecule has 0 bridgehead atoms. The Hall–Kier alpha value is -1.38. The lowest BCUT2D eigenvalue weighted by Crippen LogP contribution is -2.31. The maximum Gasteiger partial charge on any atom is 0.0205 e. The third-order valence-electron chi connectivity index (χ3n) is 4.47. The van der Waals surface area contributed by atoms with Crippen molar-refractivity contribution in [2.45, 2.75) is 38.3 Å². The number of benzene rings is 2. The maximum absolute atomic E-state index is 5.95. The van der Waals surface area contributed by atoms with E-state index >= 15 is 0 Å². The highest BCUT2D eigenvalue weighted by Crippen LogP contribution is 2.22. The van der Waals surface area contributed by atoms with E-state index in [9.17, 15) is 0 Å². The minimum Gasteiger partial charge on any atom is -0.328 e. The molecule has 0 amide bonds. The monoisotopic (exact) mass is 268 g/mol. The van der Waals surface area contributed by atoms with Gasteiger partial charge in [0.15, 0.2) is 0 Å². The molecule has 3 rings (SSSR count). The molecule has 0 radical (unpaired) electrons. The molecule has 1 fully saturated rings. The van der Waals surface area contributed by atoms with Gasteiger partial charge in [-0.25, -0.2) is 0 Å². The van der Waals surface area contributed by atoms with Crippen molar-refractivity contribution in [1.29, 1.82) is 0 Å². The van der Waals surface area contributed by atoms with Crippen LogP contribution in [0.25, 0.3) is 10.8 Å². The van der Waals surface area contributed by atoms with Gasteiger partial charge >= 0.3 is 0 Å². The molecule has 3 N–H and O–H groups in total. The predicted molar refractivity (Wildman–Crippen MR) is 85.6 cm³/mol. The summed E-state index contributed by atoms with van der Waals surface area (Å²) in [5.74, 6) is 0.815. The molecule has 0 heterocycles. The molecule has 0 saturated heterocycles. The van der Waals surface area contributed by atoms with Crippen molar-refractivity contribution < 1.29 is 0 Å². The number of nitrogens with two attached hydrogens (primary N) is 1. The van der Waals surface area contributed by atoms with E-state index in [2.05, 4.69) is 47.8 Å². The fourth-order valence-corrected chi connectivity index (χ4v) is 3.16. The minimum atomic E-state index is 0.451. The molecule has 2 nitrogen and oxygen atoms in total. The lowest BCUT2D eigenvalue weighted by Gasteiger charge is -2.26. The van der Waals surface area contributed by atoms with Gasteiger partial charge in [-0.3, -0.25) is 0 Å². The largest absolute Gasteiger partial charge is 0.328 e. The van der Waals surface area contributed by atoms with E-state index in [4.69, 9.17) is 5.73 Å². The van der Waals surface area contributed by atoms with Gasteiger partial charge in [0.05, 0.1) is 0 Å². The Morgan fingerprint density at radius 3 is 2.50 bits per heavy atom. The zero-order valence-corrected chi connectivity index (χ0v) is 12.0. The summed E-state index contributed by atoms with van der Waals surface area (Å²) in [5, 5.41) is 6.26. The van der Waals surface area contributed by atoms with Crippen LogP contribution in [0.3, 0.4) is 0 Å². The molecule has 20 heavy (non-hydrogen) atoms. The van der Waals surface area contributed by atoms with E-state index in [0.29, 0.717) is 6.04 Å². The van der Waals surface area contributed by atoms with Crippen molar-refractivity contribution in [2.24, 2.45) is 11.7 Å². The Balaban J connectivity index is 1.52. The fraction of sp³-hybridized carbons (Fsp3) is 0.444. The van der Waals surface area contributed by atoms with Crippen molar-refractivity contribution >= 4 is 10.8 Å². The fourth-order valence-electron chi connectivity index (χ4n) is 3.16. The number of fused-ring (bicyclic) bond motifs is 1. The van der Waals surface area contributed by atoms with Crippen LogP contribution < -0.4 is 11.1 Å². The zero-order valence-electron chi connectivity index (χ0n) is 12.0. The summed E-state index contributed by atoms with van der Waals surface area (Å²) >= 11 is 0. The highest BCUT2D eigenvalue weighted by Gasteiger charge is 2.17. The number of rotatable bonds is 4. The predicted octanol–water partition coefficient (Wildman–Crippen LogP) is 3.45. The molecule has 1 saturated carbocycles. The van der Waals surface area contributed by atoms with Crippen molar-refractivity contribution in [3.8, 4) is 0 Å². The van der Waals surface area contributed by atoms with Crippen LogP contribution in [0, 0.1) is 5.92 Å². The molecule has 0 unspecified atom stereocenters. The highest BCUT2D eigenvalue weighted by atomic mass is 14.9. The van der Waals surface area contributed by atoms with Gasteiger partial charge in [-0.2, -0.15) is 0 Å². The molecular formula is C18H24N2. The second kappa shape index (κ2) is 6.38. The Morgan fingerprint density at radius 1 is 0.950 bits per heavy atom. The SMILES string of the molecule is N[C@H]1CC[C@H](CNCc2ccc3ccccc3c2)CC1. The molecule has 0 spiro atoms. The number of hydrogen-bond acceptors (Lipinski definition) is 2. The lowest BCUT2D eigenvalue weighted by molar-refractivity contribution is 0.314. The van der Waals surface area contributed by atoms with Gasteiger partial charge < -0.3 is 11.1 Å². The molecule has 2 aromatic carbocycles. The van der Waals surface area contributed by atoms with Crippen molar-refractivity contribution in [1.82, 2.24) is 5.32 Å². The molecular weight excluding hydrogens is 244 g/mol. The van der Waals surface area contributed by atoms with E-state index in [1.54, 1.807) is 0 Å². The normalized spacial score (nSPS) is 23.1. The molecule has 0 atom stereocenters. The van der Waals surface area contributed by atoms with Crippen LogP contribution in [0.15, 0.2) is 42.5 Å². The Bertz CT molecular complexity index is 556. The maximum atomic E-state index is 5.95. The third-order valence-corrected chi connectivity index (χ3v) is 4.47. The first kappa shape index (κ1) is 13.6. The van der Waals surface area contributed by atoms with Crippen molar-refractivity contribution in [2.75, 3.05) is 6.54 Å². The van der Waals surface area contributed by atoms with Crippen LogP contribution in [0.1, 0.15) is 31.2 Å². The van der Waals surface area contributed by atoms with Crippen molar-refractivity contribution in [3.05, 3.63) is 48.0 Å². The van der Waals surface area contributed by atoms with Gasteiger partial charge in [-0.05, 0) is 60.5 Å². The summed E-state index contributed by atoms with van der Waals surface area (Å²) in [4.78, 5) is 0. The van der Waals surface area contributed by atoms with Crippen LogP contribution in [-0.2, 0) is 6.54 Å². The minimum absolute atomic E-state index is 0.451. The molecule has 1 aliphatic carbocycles. The number of nitrogens with one attached hydrogen (secondary N) is 1. The van der Waals surface area contributed by atoms with Gasteiger partial charge in [0, 0.05) is 12.6 Å². The topological polar surface area (TPSA) is 38.0 Å². The van der Waals surface area contributed by atoms with Gasteiger partial charge in [-0.1, -0.05) is 36.4 Å². The third kappa shape index (κ3) is 3.38. The van der Waals surface area contributed by atoms with Crippen LogP contribution in [-0.4, -0.2) is 12.6 Å². The molecule has 0 aliphatic heterocycles. The average Bonchev–Trinajstić information content (AvgIpc) is 2.49. The summed E-state index contributed by atoms with van der Waals surface area (Å²) < 4.78 is 0. The van der Waals surface area contributed by atoms with Crippen LogP contribution in [0.5, 0.6) is 0 Å². The smallest absolute Gasteiger partial charge is 0.0205 e. The summed E-state index contributed by atoms with van der Waals surface area (Å²) in [6.45, 7) is 2.09. The van der Waals surface area contributed by atoms with E-state index < -0.39 is 0 Å². The van der Waals surface area contributed by atoms with Crippen LogP contribution in [0.2, 0.25) is 0 Å². The highest BCUT2D eigenvalue weighted by molar-refractivity contribution is 5.82. The second-order valence-corrected chi connectivity index (χ2v) is 6.09. The van der Waals surface area contributed by atoms with Crippen LogP contribution in [0.4, 0.5) is 0 Å². The standard InChI is InChI=1S/C18H24N2/c19-18-9-6-14(7-10-18)12-20-13-15-5-8-16-3-1-2-4-17(16)11-15/h1-5,8,11,14,18,20H,6-7,9-10,12-13,19H2/t14-,18-. The summed E-state index contributed by atoms with van der Waals surface area (Å²) in [7, 11) is 0. The number of hydrogen-bond donors (Lipinski definition) is 2. The molecule has 2 aromatic rings. The molecule has 1 aliphatic rings. The van der Waals surface area contributed by atoms with Gasteiger partial charge in [0.1, 0.15) is 0 Å². The Labute approximate surface area is 121 Å². The lowest BCUT2D eigenvalue weighted by atomic mass is 9.86. The van der Waals surface area contributed by atoms with Gasteiger partial charge in [-0.15, -0.1) is 0 Å². The van der Waals surface area contributed by atoms with E-state index in [0.717, 1.165) is 19.0 Å². The molecule has 0 aromatic heterocycles. The van der Waals surface area contributed by atoms with Gasteiger partial charge in [0.25, 0.3) is 0 Å². The first-order chi connectivity index (χ1) is 9.81. The Kier molecular flexibility index (Phi) is 4.34. The average molecular weight is 268 g/mol. The van der Waals surface area contributed by atoms with E-state index in [1.807, 2.05) is 0 Å². The van der Waals surface area contributed by atoms with E-state index in [1.165, 1.54) is 42.0 Å². The quantitative estimate of drug-likeness (QED) is 0.891. The summed E-state index contributed by atoms with van der Waals surface area (Å²) in [6, 6.07) is 15.7. The second-order valence-electron chi connectivity index (χ2n) is 6.09. The molecule has 106 valence electrons. The summed E-state index contributed by atoms with van der Waals surface area (Å²) in [6.07, 6.45) is 4.96. The first-order valence-electron chi connectivity index (χ1n) is 7.75. The zero-order chi connectivity index (χ0) is 13.8. The first-order valence-corrected chi connectivity index (χ1v) is 7.75. The Morgan fingerprint density at radius 2 is 1.70 bits per heavy atom. The van der Waals surface area contributed by atoms with E-state index in [-0.39, 0.29) is 0 Å².